The van der Waals surface area contributed by atoms with Gasteiger partial charge >= 0.3 is 0 Å². The summed E-state index contributed by atoms with van der Waals surface area (Å²) >= 11 is 7.27. The summed E-state index contributed by atoms with van der Waals surface area (Å²) in [7, 11) is 0. The monoisotopic (exact) mass is 282 g/mol. The lowest BCUT2D eigenvalue weighted by Crippen LogP contribution is -2.09. The van der Waals surface area contributed by atoms with Crippen LogP contribution in [0.4, 0.5) is 0 Å². The van der Waals surface area contributed by atoms with Gasteiger partial charge in [-0.05, 0) is 32.0 Å². The Bertz CT molecular complexity index is 522. The van der Waals surface area contributed by atoms with Crippen LogP contribution in [0, 0.1) is 0 Å². The summed E-state index contributed by atoms with van der Waals surface area (Å²) in [6, 6.07) is 11.2. The topological polar surface area (TPSA) is 29.5 Å². The molecule has 1 aromatic heterocycles. The summed E-state index contributed by atoms with van der Waals surface area (Å²) in [6.45, 7) is 3.93. The number of aliphatic hydroxyl groups excluding tert-OH is 1. The number of rotatable bonds is 4. The molecule has 0 saturated heterocycles. The van der Waals surface area contributed by atoms with Gasteiger partial charge < -0.3 is 9.84 Å². The van der Waals surface area contributed by atoms with E-state index < -0.39 is 6.10 Å². The van der Waals surface area contributed by atoms with Crippen LogP contribution in [0.25, 0.3) is 0 Å². The summed E-state index contributed by atoms with van der Waals surface area (Å²) in [6.07, 6.45) is -0.622. The minimum Gasteiger partial charge on any atom is -0.491 e. The molecule has 96 valence electrons. The van der Waals surface area contributed by atoms with E-state index in [1.807, 2.05) is 44.2 Å². The van der Waals surface area contributed by atoms with Crippen LogP contribution < -0.4 is 4.74 Å². The number of hydrogen-bond acceptors (Lipinski definition) is 3. The van der Waals surface area contributed by atoms with E-state index >= 15 is 0 Å². The van der Waals surface area contributed by atoms with Crippen LogP contribution in [-0.2, 0) is 0 Å². The molecule has 0 aliphatic carbocycles. The zero-order valence-corrected chi connectivity index (χ0v) is 11.8. The molecule has 2 aromatic rings. The summed E-state index contributed by atoms with van der Waals surface area (Å²) < 4.78 is 6.38. The first-order valence-corrected chi connectivity index (χ1v) is 6.96. The van der Waals surface area contributed by atoms with Gasteiger partial charge in [-0.3, -0.25) is 0 Å². The highest BCUT2D eigenvalue weighted by molar-refractivity contribution is 7.16. The van der Waals surface area contributed by atoms with E-state index in [0.717, 1.165) is 10.4 Å². The fourth-order valence-corrected chi connectivity index (χ4v) is 2.76. The number of halogens is 1. The Hall–Kier alpha value is -1.03. The van der Waals surface area contributed by atoms with Crippen molar-refractivity contribution >= 4 is 22.9 Å². The Morgan fingerprint density at radius 1 is 1.17 bits per heavy atom. The zero-order chi connectivity index (χ0) is 13.1. The standard InChI is InChI=1S/C14H15ClO2S/c1-9(2)17-11-6-4-3-5-10(11)14(16)12-7-8-13(15)18-12/h3-9,14,16H,1-2H3. The third-order valence-electron chi connectivity index (χ3n) is 2.44. The van der Waals surface area contributed by atoms with Gasteiger partial charge in [0.1, 0.15) is 11.9 Å². The van der Waals surface area contributed by atoms with Gasteiger partial charge in [-0.15, -0.1) is 11.3 Å². The highest BCUT2D eigenvalue weighted by Gasteiger charge is 2.17. The normalized spacial score (nSPS) is 12.7. The van der Waals surface area contributed by atoms with Crippen molar-refractivity contribution in [3.63, 3.8) is 0 Å². The maximum Gasteiger partial charge on any atom is 0.125 e. The molecule has 0 spiro atoms. The molecule has 2 nitrogen and oxygen atoms in total. The average molecular weight is 283 g/mol. The molecule has 1 aromatic carbocycles. The molecule has 0 fully saturated rings. The Morgan fingerprint density at radius 2 is 1.89 bits per heavy atom. The van der Waals surface area contributed by atoms with Crippen molar-refractivity contribution in [2.45, 2.75) is 26.1 Å². The van der Waals surface area contributed by atoms with Crippen molar-refractivity contribution in [3.05, 3.63) is 51.2 Å². The predicted molar refractivity (Wildman–Crippen MR) is 75.6 cm³/mol. The molecule has 2 rings (SSSR count). The molecule has 1 heterocycles. The smallest absolute Gasteiger partial charge is 0.125 e. The van der Waals surface area contributed by atoms with Gasteiger partial charge in [-0.2, -0.15) is 0 Å². The highest BCUT2D eigenvalue weighted by Crippen LogP contribution is 2.35. The SMILES string of the molecule is CC(C)Oc1ccccc1C(O)c1ccc(Cl)s1. The number of hydrogen-bond donors (Lipinski definition) is 1. The summed E-state index contributed by atoms with van der Waals surface area (Å²) in [5.41, 5.74) is 0.768. The van der Waals surface area contributed by atoms with Gasteiger partial charge in [0.2, 0.25) is 0 Å². The van der Waals surface area contributed by atoms with Crippen LogP contribution in [0.1, 0.15) is 30.4 Å². The molecule has 0 amide bonds. The van der Waals surface area contributed by atoms with Crippen molar-refractivity contribution in [2.75, 3.05) is 0 Å². The Balaban J connectivity index is 2.32. The number of ether oxygens (including phenoxy) is 1. The fraction of sp³-hybridized carbons (Fsp3) is 0.286. The molecule has 0 saturated carbocycles. The van der Waals surface area contributed by atoms with Crippen molar-refractivity contribution in [3.8, 4) is 5.75 Å². The molecule has 0 aliphatic rings. The van der Waals surface area contributed by atoms with Crippen molar-refractivity contribution in [1.82, 2.24) is 0 Å². The maximum atomic E-state index is 10.4. The molecule has 4 heteroatoms. The van der Waals surface area contributed by atoms with Crippen LogP contribution >= 0.6 is 22.9 Å². The zero-order valence-electron chi connectivity index (χ0n) is 10.3. The number of benzene rings is 1. The van der Waals surface area contributed by atoms with Crippen LogP contribution in [-0.4, -0.2) is 11.2 Å². The summed E-state index contributed by atoms with van der Waals surface area (Å²) in [4.78, 5) is 0.819. The number of thiophene rings is 1. The van der Waals surface area contributed by atoms with Gasteiger partial charge in [0.15, 0.2) is 0 Å². The molecular weight excluding hydrogens is 268 g/mol. The maximum absolute atomic E-state index is 10.4. The van der Waals surface area contributed by atoms with E-state index in [1.165, 1.54) is 11.3 Å². The lowest BCUT2D eigenvalue weighted by molar-refractivity contribution is 0.200. The van der Waals surface area contributed by atoms with Gasteiger partial charge in [-0.1, -0.05) is 29.8 Å². The second-order valence-corrected chi connectivity index (χ2v) is 6.00. The van der Waals surface area contributed by atoms with Gasteiger partial charge in [0, 0.05) is 10.4 Å². The highest BCUT2D eigenvalue weighted by atomic mass is 35.5. The van der Waals surface area contributed by atoms with E-state index in [1.54, 1.807) is 6.07 Å². The first-order chi connectivity index (χ1) is 8.58. The third-order valence-corrected chi connectivity index (χ3v) is 3.72. The van der Waals surface area contributed by atoms with Crippen LogP contribution in [0.3, 0.4) is 0 Å². The molecule has 1 atom stereocenters. The molecular formula is C14H15ClO2S. The molecule has 0 aliphatic heterocycles. The molecule has 0 bridgehead atoms. The fourth-order valence-electron chi connectivity index (χ4n) is 1.70. The number of aliphatic hydroxyl groups is 1. The van der Waals surface area contributed by atoms with Gasteiger partial charge in [-0.25, -0.2) is 0 Å². The van der Waals surface area contributed by atoms with Crippen LogP contribution in [0.2, 0.25) is 4.34 Å². The second-order valence-electron chi connectivity index (χ2n) is 4.25. The molecule has 1 N–H and O–H groups in total. The largest absolute Gasteiger partial charge is 0.491 e. The first kappa shape index (κ1) is 13.4. The summed E-state index contributed by atoms with van der Waals surface area (Å²) in [5, 5.41) is 10.4. The van der Waals surface area contributed by atoms with E-state index in [0.29, 0.717) is 10.1 Å². The third kappa shape index (κ3) is 3.05. The quantitative estimate of drug-likeness (QED) is 0.907. The van der Waals surface area contributed by atoms with Gasteiger partial charge in [0.05, 0.1) is 10.4 Å². The lowest BCUT2D eigenvalue weighted by atomic mass is 10.1. The second kappa shape index (κ2) is 5.74. The van der Waals surface area contributed by atoms with Gasteiger partial charge in [0.25, 0.3) is 0 Å². The minimum absolute atomic E-state index is 0.0743. The van der Waals surface area contributed by atoms with E-state index in [2.05, 4.69) is 0 Å². The predicted octanol–water partition coefficient (Wildman–Crippen LogP) is 4.27. The summed E-state index contributed by atoms with van der Waals surface area (Å²) in [5.74, 6) is 0.713. The Kier molecular flexibility index (Phi) is 4.27. The van der Waals surface area contributed by atoms with Crippen LogP contribution in [0.15, 0.2) is 36.4 Å². The molecule has 1 unspecified atom stereocenters. The average Bonchev–Trinajstić information content (AvgIpc) is 2.75. The van der Waals surface area contributed by atoms with Crippen LogP contribution in [0.5, 0.6) is 5.75 Å². The Labute approximate surface area is 116 Å². The van der Waals surface area contributed by atoms with E-state index in [-0.39, 0.29) is 6.10 Å². The lowest BCUT2D eigenvalue weighted by Gasteiger charge is -2.17. The Morgan fingerprint density at radius 3 is 2.50 bits per heavy atom. The van der Waals surface area contributed by atoms with Crippen molar-refractivity contribution in [2.24, 2.45) is 0 Å². The van der Waals surface area contributed by atoms with E-state index in [4.69, 9.17) is 16.3 Å². The minimum atomic E-state index is -0.697. The van der Waals surface area contributed by atoms with Crippen molar-refractivity contribution < 1.29 is 9.84 Å². The molecule has 18 heavy (non-hydrogen) atoms. The van der Waals surface area contributed by atoms with E-state index in [9.17, 15) is 5.11 Å². The number of para-hydroxylation sites is 1. The van der Waals surface area contributed by atoms with Crippen molar-refractivity contribution in [1.29, 1.82) is 0 Å². The molecule has 0 radical (unpaired) electrons. The first-order valence-electron chi connectivity index (χ1n) is 5.77.